The van der Waals surface area contributed by atoms with Crippen molar-refractivity contribution in [1.29, 1.82) is 0 Å². The van der Waals surface area contributed by atoms with Gasteiger partial charge in [-0.1, -0.05) is 12.1 Å². The van der Waals surface area contributed by atoms with Gasteiger partial charge in [0.1, 0.15) is 0 Å². The molecule has 1 amide bonds. The average molecular weight is 267 g/mol. The third-order valence-corrected chi connectivity index (χ3v) is 2.42. The third kappa shape index (κ3) is 4.92. The molecule has 0 aromatic heterocycles. The highest BCUT2D eigenvalue weighted by Gasteiger charge is 2.13. The van der Waals surface area contributed by atoms with E-state index in [4.69, 9.17) is 0 Å². The number of carbonyl (C=O) groups is 1. The van der Waals surface area contributed by atoms with Crippen molar-refractivity contribution in [2.75, 3.05) is 13.2 Å². The van der Waals surface area contributed by atoms with Crippen molar-refractivity contribution >= 4 is 11.8 Å². The molecule has 7 heteroatoms. The van der Waals surface area contributed by atoms with Crippen LogP contribution < -0.4 is 10.9 Å². The predicted molar refractivity (Wildman–Crippen MR) is 69.7 cm³/mol. The quantitative estimate of drug-likeness (QED) is 0.465. The van der Waals surface area contributed by atoms with E-state index in [0.717, 1.165) is 5.56 Å². The lowest BCUT2D eigenvalue weighted by Gasteiger charge is -2.07. The molecule has 1 aromatic rings. The Morgan fingerprint density at radius 1 is 1.47 bits per heavy atom. The zero-order valence-corrected chi connectivity index (χ0v) is 10.9. The number of amides is 1. The second kappa shape index (κ2) is 7.32. The first-order chi connectivity index (χ1) is 9.04. The maximum atomic E-state index is 11.0. The highest BCUT2D eigenvalue weighted by molar-refractivity contribution is 5.66. The zero-order valence-electron chi connectivity index (χ0n) is 10.9. The summed E-state index contributed by atoms with van der Waals surface area (Å²) < 4.78 is 4.65. The number of rotatable bonds is 6. The lowest BCUT2D eigenvalue weighted by Crippen LogP contribution is -2.38. The maximum Gasteiger partial charge on any atom is 0.421 e. The minimum Gasteiger partial charge on any atom is -0.449 e. The topological polar surface area (TPSA) is 93.5 Å². The number of hydrogen-bond donors (Lipinski definition) is 2. The van der Waals surface area contributed by atoms with E-state index in [0.29, 0.717) is 18.5 Å². The number of hydrogen-bond acceptors (Lipinski definition) is 5. The van der Waals surface area contributed by atoms with Crippen molar-refractivity contribution in [2.45, 2.75) is 20.3 Å². The van der Waals surface area contributed by atoms with Crippen LogP contribution in [0.1, 0.15) is 18.1 Å². The smallest absolute Gasteiger partial charge is 0.421 e. The van der Waals surface area contributed by atoms with E-state index in [1.54, 1.807) is 19.9 Å². The Balaban J connectivity index is 2.49. The monoisotopic (exact) mass is 267 g/mol. The number of ether oxygens (including phenoxy) is 1. The minimum absolute atomic E-state index is 0.0953. The third-order valence-electron chi connectivity index (χ3n) is 2.42. The van der Waals surface area contributed by atoms with Crippen LogP contribution in [0.4, 0.5) is 10.5 Å². The van der Waals surface area contributed by atoms with Crippen LogP contribution in [-0.2, 0) is 11.2 Å². The molecule has 0 radical (unpaired) electrons. The lowest BCUT2D eigenvalue weighted by molar-refractivity contribution is -0.385. The Morgan fingerprint density at radius 2 is 2.21 bits per heavy atom. The van der Waals surface area contributed by atoms with E-state index < -0.39 is 11.0 Å². The summed E-state index contributed by atoms with van der Waals surface area (Å²) in [4.78, 5) is 21.5. The predicted octanol–water partition coefficient (Wildman–Crippen LogP) is 1.70. The molecule has 0 heterocycles. The average Bonchev–Trinajstić information content (AvgIpc) is 2.36. The molecule has 0 atom stereocenters. The molecule has 0 fully saturated rings. The van der Waals surface area contributed by atoms with E-state index in [-0.39, 0.29) is 12.3 Å². The molecule has 0 bridgehead atoms. The number of hydrazine groups is 1. The van der Waals surface area contributed by atoms with Crippen LogP contribution in [0.3, 0.4) is 0 Å². The standard InChI is InChI=1S/C12H17N3O4/c1-3-19-12(16)14-13-7-6-10-5-4-9(2)8-11(10)15(17)18/h4-5,8,13H,3,6-7H2,1-2H3,(H,14,16). The number of nitrogens with zero attached hydrogens (tertiary/aromatic N) is 1. The van der Waals surface area contributed by atoms with Crippen molar-refractivity contribution in [3.05, 3.63) is 39.4 Å². The van der Waals surface area contributed by atoms with E-state index in [2.05, 4.69) is 15.6 Å². The number of nitro groups is 1. The lowest BCUT2D eigenvalue weighted by atomic mass is 10.1. The van der Waals surface area contributed by atoms with Gasteiger partial charge in [-0.05, 0) is 25.8 Å². The number of benzene rings is 1. The Bertz CT molecular complexity index is 462. The summed E-state index contributed by atoms with van der Waals surface area (Å²) >= 11 is 0. The van der Waals surface area contributed by atoms with Gasteiger partial charge >= 0.3 is 6.09 Å². The second-order valence-electron chi connectivity index (χ2n) is 3.91. The fourth-order valence-corrected chi connectivity index (χ4v) is 1.55. The molecule has 19 heavy (non-hydrogen) atoms. The van der Waals surface area contributed by atoms with Crippen LogP contribution >= 0.6 is 0 Å². The van der Waals surface area contributed by atoms with Crippen LogP contribution in [-0.4, -0.2) is 24.2 Å². The molecule has 0 aliphatic heterocycles. The first-order valence-corrected chi connectivity index (χ1v) is 5.94. The fourth-order valence-electron chi connectivity index (χ4n) is 1.55. The van der Waals surface area contributed by atoms with Gasteiger partial charge in [0.2, 0.25) is 0 Å². The van der Waals surface area contributed by atoms with Gasteiger partial charge < -0.3 is 4.74 Å². The summed E-state index contributed by atoms with van der Waals surface area (Å²) in [7, 11) is 0. The van der Waals surface area contributed by atoms with Crippen molar-refractivity contribution < 1.29 is 14.5 Å². The van der Waals surface area contributed by atoms with Gasteiger partial charge in [-0.2, -0.15) is 0 Å². The molecule has 0 aliphatic carbocycles. The zero-order chi connectivity index (χ0) is 14.3. The Hall–Kier alpha value is -2.15. The van der Waals surface area contributed by atoms with Gasteiger partial charge in [-0.3, -0.25) is 15.5 Å². The van der Waals surface area contributed by atoms with Crippen molar-refractivity contribution in [3.63, 3.8) is 0 Å². The molecule has 1 rings (SSSR count). The molecule has 0 aliphatic rings. The van der Waals surface area contributed by atoms with Crippen molar-refractivity contribution in [2.24, 2.45) is 0 Å². The van der Waals surface area contributed by atoms with Gasteiger partial charge in [0.25, 0.3) is 5.69 Å². The molecule has 0 unspecified atom stereocenters. The summed E-state index contributed by atoms with van der Waals surface area (Å²) in [5.41, 5.74) is 6.54. The molecular formula is C12H17N3O4. The number of carbonyl (C=O) groups excluding carboxylic acids is 1. The second-order valence-corrected chi connectivity index (χ2v) is 3.91. The summed E-state index contributed by atoms with van der Waals surface area (Å²) in [6.45, 7) is 4.17. The Kier molecular flexibility index (Phi) is 5.74. The fraction of sp³-hybridized carbons (Fsp3) is 0.417. The SMILES string of the molecule is CCOC(=O)NNCCc1ccc(C)cc1[N+](=O)[O-]. The van der Waals surface area contributed by atoms with Gasteiger partial charge in [-0.25, -0.2) is 10.2 Å². The summed E-state index contributed by atoms with van der Waals surface area (Å²) in [6, 6.07) is 5.08. The van der Waals surface area contributed by atoms with Crippen molar-refractivity contribution in [1.82, 2.24) is 10.9 Å². The molecule has 7 nitrogen and oxygen atoms in total. The van der Waals surface area contributed by atoms with Gasteiger partial charge in [0.05, 0.1) is 11.5 Å². The number of aryl methyl sites for hydroxylation is 1. The van der Waals surface area contributed by atoms with Gasteiger partial charge in [0, 0.05) is 18.2 Å². The summed E-state index contributed by atoms with van der Waals surface area (Å²) in [5, 5.41) is 10.9. The van der Waals surface area contributed by atoms with Crippen LogP contribution in [0.15, 0.2) is 18.2 Å². The molecule has 0 saturated heterocycles. The van der Waals surface area contributed by atoms with E-state index in [1.807, 2.05) is 6.07 Å². The molecular weight excluding hydrogens is 250 g/mol. The highest BCUT2D eigenvalue weighted by atomic mass is 16.6. The number of nitro benzene ring substituents is 1. The Morgan fingerprint density at radius 3 is 2.84 bits per heavy atom. The van der Waals surface area contributed by atoms with Crippen LogP contribution in [0.25, 0.3) is 0 Å². The van der Waals surface area contributed by atoms with Crippen LogP contribution in [0, 0.1) is 17.0 Å². The molecule has 2 N–H and O–H groups in total. The Labute approximate surface area is 111 Å². The molecule has 0 saturated carbocycles. The van der Waals surface area contributed by atoms with Crippen LogP contribution in [0.5, 0.6) is 0 Å². The van der Waals surface area contributed by atoms with Gasteiger partial charge in [-0.15, -0.1) is 0 Å². The molecule has 1 aromatic carbocycles. The van der Waals surface area contributed by atoms with E-state index >= 15 is 0 Å². The number of nitrogens with one attached hydrogen (secondary N) is 2. The molecule has 0 spiro atoms. The van der Waals surface area contributed by atoms with E-state index in [1.165, 1.54) is 6.07 Å². The molecule has 104 valence electrons. The minimum atomic E-state index is -0.569. The van der Waals surface area contributed by atoms with E-state index in [9.17, 15) is 14.9 Å². The summed E-state index contributed by atoms with van der Waals surface area (Å²) in [6.07, 6.45) is -0.135. The first kappa shape index (κ1) is 14.9. The summed E-state index contributed by atoms with van der Waals surface area (Å²) in [5.74, 6) is 0. The maximum absolute atomic E-state index is 11.0. The van der Waals surface area contributed by atoms with Crippen molar-refractivity contribution in [3.8, 4) is 0 Å². The highest BCUT2D eigenvalue weighted by Crippen LogP contribution is 2.20. The van der Waals surface area contributed by atoms with Crippen LogP contribution in [0.2, 0.25) is 0 Å². The first-order valence-electron chi connectivity index (χ1n) is 5.94. The van der Waals surface area contributed by atoms with Gasteiger partial charge in [0.15, 0.2) is 0 Å². The largest absolute Gasteiger partial charge is 0.449 e. The normalized spacial score (nSPS) is 10.0.